The zero-order valence-electron chi connectivity index (χ0n) is 16.6. The van der Waals surface area contributed by atoms with E-state index < -0.39 is 17.1 Å². The summed E-state index contributed by atoms with van der Waals surface area (Å²) >= 11 is 10.3. The first-order valence-corrected chi connectivity index (χ1v) is 11.1. The molecule has 1 fully saturated rings. The smallest absolute Gasteiger partial charge is 0.294 e. The van der Waals surface area contributed by atoms with E-state index in [2.05, 4.69) is 21.2 Å². The third-order valence-corrected chi connectivity index (χ3v) is 5.92. The van der Waals surface area contributed by atoms with Crippen LogP contribution in [0.5, 0.6) is 11.5 Å². The van der Waals surface area contributed by atoms with Crippen LogP contribution in [0, 0.1) is 0 Å². The lowest BCUT2D eigenvalue weighted by molar-refractivity contribution is -0.127. The maximum Gasteiger partial charge on any atom is 0.294 e. The number of nitrogens with one attached hydrogen (secondary N) is 1. The van der Waals surface area contributed by atoms with Crippen LogP contribution in [0.3, 0.4) is 0 Å². The van der Waals surface area contributed by atoms with Gasteiger partial charge in [0.05, 0.1) is 28.1 Å². The van der Waals surface area contributed by atoms with Gasteiger partial charge in [0.1, 0.15) is 12.3 Å². The zero-order chi connectivity index (χ0) is 22.5. The van der Waals surface area contributed by atoms with Gasteiger partial charge in [-0.15, -0.1) is 0 Å². The highest BCUT2D eigenvalue weighted by atomic mass is 79.9. The SMILES string of the molecule is CCOc1ccc(NC(=O)CN2C(=O)S/C(=C/c3cc(Cl)c(OC)c(Br)c3)C2=O)cc1. The second-order valence-corrected chi connectivity index (χ2v) is 8.55. The lowest BCUT2D eigenvalue weighted by Gasteiger charge is -2.13. The predicted molar refractivity (Wildman–Crippen MR) is 125 cm³/mol. The van der Waals surface area contributed by atoms with Crippen LogP contribution >= 0.6 is 39.3 Å². The summed E-state index contributed by atoms with van der Waals surface area (Å²) in [6, 6.07) is 10.2. The summed E-state index contributed by atoms with van der Waals surface area (Å²) in [5.41, 5.74) is 1.15. The summed E-state index contributed by atoms with van der Waals surface area (Å²) in [4.78, 5) is 38.4. The van der Waals surface area contributed by atoms with Gasteiger partial charge in [0.15, 0.2) is 5.75 Å². The molecule has 0 aliphatic carbocycles. The summed E-state index contributed by atoms with van der Waals surface area (Å²) in [5.74, 6) is 0.127. The molecule has 7 nitrogen and oxygen atoms in total. The van der Waals surface area contributed by atoms with Crippen molar-refractivity contribution in [2.75, 3.05) is 25.6 Å². The molecule has 2 aromatic rings. The quantitative estimate of drug-likeness (QED) is 0.501. The summed E-state index contributed by atoms with van der Waals surface area (Å²) in [6.45, 7) is 2.03. The van der Waals surface area contributed by atoms with E-state index in [1.807, 2.05) is 6.92 Å². The van der Waals surface area contributed by atoms with E-state index in [1.165, 1.54) is 7.11 Å². The minimum atomic E-state index is -0.542. The largest absolute Gasteiger partial charge is 0.494 e. The summed E-state index contributed by atoms with van der Waals surface area (Å²) in [6.07, 6.45) is 1.55. The van der Waals surface area contributed by atoms with Gasteiger partial charge in [-0.1, -0.05) is 11.6 Å². The number of hydrogen-bond donors (Lipinski definition) is 1. The van der Waals surface area contributed by atoms with Gasteiger partial charge in [-0.05, 0) is 82.7 Å². The molecule has 0 unspecified atom stereocenters. The van der Waals surface area contributed by atoms with E-state index in [-0.39, 0.29) is 11.4 Å². The molecule has 0 atom stereocenters. The Labute approximate surface area is 196 Å². The number of carbonyl (C=O) groups is 3. The van der Waals surface area contributed by atoms with Crippen LogP contribution in [0.2, 0.25) is 5.02 Å². The predicted octanol–water partition coefficient (Wildman–Crippen LogP) is 5.18. The molecule has 1 aliphatic rings. The van der Waals surface area contributed by atoms with E-state index in [0.717, 1.165) is 16.7 Å². The van der Waals surface area contributed by atoms with Gasteiger partial charge < -0.3 is 14.8 Å². The Hall–Kier alpha value is -2.49. The van der Waals surface area contributed by atoms with Crippen LogP contribution in [0.4, 0.5) is 10.5 Å². The number of nitrogens with zero attached hydrogens (tertiary/aromatic N) is 1. The average molecular weight is 526 g/mol. The summed E-state index contributed by atoms with van der Waals surface area (Å²) < 4.78 is 11.1. The van der Waals surface area contributed by atoms with Gasteiger partial charge >= 0.3 is 0 Å². The third kappa shape index (κ3) is 5.61. The van der Waals surface area contributed by atoms with E-state index >= 15 is 0 Å². The van der Waals surface area contributed by atoms with Crippen molar-refractivity contribution < 1.29 is 23.9 Å². The Morgan fingerprint density at radius 3 is 2.58 bits per heavy atom. The number of anilines is 1. The van der Waals surface area contributed by atoms with Crippen LogP contribution < -0.4 is 14.8 Å². The highest BCUT2D eigenvalue weighted by Gasteiger charge is 2.36. The molecule has 1 N–H and O–H groups in total. The number of benzene rings is 2. The van der Waals surface area contributed by atoms with Gasteiger partial charge in [0.25, 0.3) is 11.1 Å². The minimum Gasteiger partial charge on any atom is -0.494 e. The van der Waals surface area contributed by atoms with Crippen molar-refractivity contribution in [3.63, 3.8) is 0 Å². The van der Waals surface area contributed by atoms with E-state index in [9.17, 15) is 14.4 Å². The van der Waals surface area contributed by atoms with Crippen molar-refractivity contribution in [1.29, 1.82) is 0 Å². The zero-order valence-corrected chi connectivity index (χ0v) is 19.8. The molecule has 1 heterocycles. The number of amides is 3. The summed E-state index contributed by atoms with van der Waals surface area (Å²) in [5, 5.41) is 2.51. The first-order valence-electron chi connectivity index (χ1n) is 9.13. The minimum absolute atomic E-state index is 0.201. The Bertz CT molecular complexity index is 1040. The Morgan fingerprint density at radius 1 is 1.26 bits per heavy atom. The molecule has 0 saturated carbocycles. The summed E-state index contributed by atoms with van der Waals surface area (Å²) in [7, 11) is 1.50. The van der Waals surface area contributed by atoms with Crippen molar-refractivity contribution in [3.05, 3.63) is 56.4 Å². The number of ether oxygens (including phenoxy) is 2. The highest BCUT2D eigenvalue weighted by Crippen LogP contribution is 2.37. The van der Waals surface area contributed by atoms with Crippen LogP contribution in [0.25, 0.3) is 6.08 Å². The van der Waals surface area contributed by atoms with Gasteiger partial charge in [-0.3, -0.25) is 19.3 Å². The highest BCUT2D eigenvalue weighted by molar-refractivity contribution is 9.10. The van der Waals surface area contributed by atoms with Crippen molar-refractivity contribution in [3.8, 4) is 11.5 Å². The number of thioether (sulfide) groups is 1. The average Bonchev–Trinajstić information content (AvgIpc) is 2.97. The van der Waals surface area contributed by atoms with E-state index in [0.29, 0.717) is 38.9 Å². The molecule has 162 valence electrons. The standard InChI is InChI=1S/C21H18BrClN2O5S/c1-3-30-14-6-4-13(5-7-14)24-18(26)11-25-20(27)17(31-21(25)28)10-12-8-15(22)19(29-2)16(23)9-12/h4-10H,3,11H2,1-2H3,(H,24,26)/b17-10+. The molecule has 2 aromatic carbocycles. The molecule has 3 rings (SSSR count). The first kappa shape index (κ1) is 23.2. The molecule has 0 spiro atoms. The molecule has 31 heavy (non-hydrogen) atoms. The third-order valence-electron chi connectivity index (χ3n) is 4.15. The fraction of sp³-hybridized carbons (Fsp3) is 0.190. The van der Waals surface area contributed by atoms with Gasteiger partial charge in [-0.2, -0.15) is 0 Å². The van der Waals surface area contributed by atoms with Crippen molar-refractivity contribution in [2.45, 2.75) is 6.92 Å². The van der Waals surface area contributed by atoms with Crippen LogP contribution in [-0.4, -0.2) is 42.2 Å². The number of carbonyl (C=O) groups excluding carboxylic acids is 3. The van der Waals surface area contributed by atoms with Crippen LogP contribution in [0.1, 0.15) is 12.5 Å². The molecule has 3 amide bonds. The number of rotatable bonds is 7. The maximum atomic E-state index is 12.7. The first-order chi connectivity index (χ1) is 14.8. The molecule has 0 radical (unpaired) electrons. The Balaban J connectivity index is 1.68. The maximum absolute atomic E-state index is 12.7. The van der Waals surface area contributed by atoms with E-state index in [4.69, 9.17) is 21.1 Å². The van der Waals surface area contributed by atoms with Gasteiger partial charge in [0.2, 0.25) is 5.91 Å². The fourth-order valence-electron chi connectivity index (χ4n) is 2.79. The second kappa shape index (κ2) is 10.2. The number of hydrogen-bond acceptors (Lipinski definition) is 6. The molecule has 0 bridgehead atoms. The van der Waals surface area contributed by atoms with E-state index in [1.54, 1.807) is 42.5 Å². The number of halogens is 2. The second-order valence-electron chi connectivity index (χ2n) is 6.29. The monoisotopic (exact) mass is 524 g/mol. The van der Waals surface area contributed by atoms with Gasteiger partial charge in [0, 0.05) is 5.69 Å². The lowest BCUT2D eigenvalue weighted by Crippen LogP contribution is -2.36. The van der Waals surface area contributed by atoms with Crippen LogP contribution in [0.15, 0.2) is 45.8 Å². The molecular formula is C21H18BrClN2O5S. The van der Waals surface area contributed by atoms with Crippen molar-refractivity contribution in [1.82, 2.24) is 4.90 Å². The normalized spacial score (nSPS) is 14.8. The lowest BCUT2D eigenvalue weighted by atomic mass is 10.2. The molecule has 10 heteroatoms. The fourth-order valence-corrected chi connectivity index (χ4v) is 4.69. The Kier molecular flexibility index (Phi) is 7.64. The molecular weight excluding hydrogens is 508 g/mol. The van der Waals surface area contributed by atoms with Gasteiger partial charge in [-0.25, -0.2) is 0 Å². The number of methoxy groups -OCH3 is 1. The molecule has 1 saturated heterocycles. The molecule has 0 aromatic heterocycles. The van der Waals surface area contributed by atoms with Crippen molar-refractivity contribution >= 4 is 68.1 Å². The molecule has 1 aliphatic heterocycles. The Morgan fingerprint density at radius 2 is 1.97 bits per heavy atom. The number of imide groups is 1. The topological polar surface area (TPSA) is 84.9 Å². The van der Waals surface area contributed by atoms with Crippen LogP contribution in [-0.2, 0) is 9.59 Å². The van der Waals surface area contributed by atoms with Crippen molar-refractivity contribution in [2.24, 2.45) is 0 Å².